The SMILES string of the molecule is [CH2-]O/C(=C(/C#N)N=Nc1cc(S(=O)(=O)O)ccc1O)C(C)(C)C.[CH2-]O/C(=C(/C#N)[N+]([CH2-])=Nc1cc(S(O)(O)O)ccc1O)C(C)(C)C.[Ni+3]. The van der Waals surface area contributed by atoms with Gasteiger partial charge in [-0.1, -0.05) is 41.5 Å². The maximum atomic E-state index is 11.1. The number of nitrogens with zero attached hydrogens (tertiary/aromatic N) is 6. The molecule has 0 amide bonds. The number of phenols is 2. The van der Waals surface area contributed by atoms with Gasteiger partial charge in [-0.25, -0.2) is 9.96 Å². The Morgan fingerprint density at radius 1 is 0.812 bits per heavy atom. The fraction of sp³-hybridized carbons (Fsp3) is 0.276. The molecule has 0 aliphatic carbocycles. The summed E-state index contributed by atoms with van der Waals surface area (Å²) in [5, 5.41) is 49.3. The topological polar surface area (TPSA) is 262 Å². The zero-order valence-corrected chi connectivity index (χ0v) is 29.3. The van der Waals surface area contributed by atoms with Crippen LogP contribution in [-0.2, 0) is 36.1 Å². The number of azo groups is 3. The third kappa shape index (κ3) is 12.4. The molecule has 0 aromatic heterocycles. The molecule has 0 aliphatic heterocycles. The maximum absolute atomic E-state index is 11.1. The molecule has 1 radical (unpaired) electrons. The number of allylic oxidation sites excluding steroid dienone is 4. The summed E-state index contributed by atoms with van der Waals surface area (Å²) in [5.41, 5.74) is -1.69. The van der Waals surface area contributed by atoms with Crippen molar-refractivity contribution < 1.29 is 67.5 Å². The Morgan fingerprint density at radius 3 is 1.67 bits per heavy atom. The molecule has 0 atom stereocenters. The molecule has 0 unspecified atom stereocenters. The summed E-state index contributed by atoms with van der Waals surface area (Å²) in [7, 11) is 1.77. The molecule has 2 aromatic rings. The third-order valence-corrected chi connectivity index (χ3v) is 7.28. The zero-order valence-electron chi connectivity index (χ0n) is 26.7. The molecule has 2 aromatic carbocycles. The van der Waals surface area contributed by atoms with Crippen molar-refractivity contribution in [1.82, 2.24) is 0 Å². The predicted molar refractivity (Wildman–Crippen MR) is 169 cm³/mol. The van der Waals surface area contributed by atoms with Gasteiger partial charge in [-0.15, -0.1) is 10.2 Å². The van der Waals surface area contributed by atoms with Crippen LogP contribution in [0.3, 0.4) is 0 Å². The Labute approximate surface area is 291 Å². The Bertz CT molecular complexity index is 1790. The van der Waals surface area contributed by atoms with Crippen LogP contribution in [0.2, 0.25) is 0 Å². The van der Waals surface area contributed by atoms with Crippen molar-refractivity contribution in [2.24, 2.45) is 26.2 Å². The van der Waals surface area contributed by atoms with E-state index in [1.54, 1.807) is 47.6 Å². The Balaban J connectivity index is 0.000000902. The van der Waals surface area contributed by atoms with E-state index in [9.17, 15) is 37.6 Å². The number of benzene rings is 2. The summed E-state index contributed by atoms with van der Waals surface area (Å²) >= 11 is 0. The number of aromatic hydroxyl groups is 2. The van der Waals surface area contributed by atoms with E-state index in [-0.39, 0.29) is 67.2 Å². The number of nitriles is 2. The minimum absolute atomic E-state index is 0. The van der Waals surface area contributed by atoms with Crippen molar-refractivity contribution >= 4 is 32.4 Å². The van der Waals surface area contributed by atoms with Crippen LogP contribution in [0.15, 0.2) is 84.4 Å². The van der Waals surface area contributed by atoms with E-state index in [1.807, 2.05) is 6.07 Å². The molecule has 0 saturated heterocycles. The van der Waals surface area contributed by atoms with Crippen molar-refractivity contribution in [3.05, 3.63) is 80.6 Å². The Hall–Kier alpha value is -4.20. The maximum Gasteiger partial charge on any atom is 3.00 e. The number of hydrogen-bond acceptors (Lipinski definition) is 14. The van der Waals surface area contributed by atoms with Crippen LogP contribution in [-0.4, -0.2) is 41.5 Å². The summed E-state index contributed by atoms with van der Waals surface area (Å²) in [6.45, 7) is 10.7. The molecule has 48 heavy (non-hydrogen) atoms. The Morgan fingerprint density at radius 2 is 1.27 bits per heavy atom. The van der Waals surface area contributed by atoms with Crippen LogP contribution in [0.1, 0.15) is 41.5 Å². The van der Waals surface area contributed by atoms with Gasteiger partial charge >= 0.3 is 16.5 Å². The van der Waals surface area contributed by atoms with Gasteiger partial charge in [0.15, 0.2) is 11.4 Å². The molecule has 6 N–H and O–H groups in total. The minimum atomic E-state index is -4.45. The van der Waals surface area contributed by atoms with Crippen LogP contribution in [0.4, 0.5) is 11.4 Å². The summed E-state index contributed by atoms with van der Waals surface area (Å²) in [6, 6.07) is 10.0. The van der Waals surface area contributed by atoms with Gasteiger partial charge in [0.05, 0.1) is 21.6 Å². The van der Waals surface area contributed by atoms with Crippen molar-refractivity contribution in [1.29, 1.82) is 10.5 Å². The molecule has 0 aliphatic rings. The normalized spacial score (nSPS) is 13.8. The number of rotatable bonds is 8. The van der Waals surface area contributed by atoms with Crippen molar-refractivity contribution in [3.8, 4) is 23.6 Å². The van der Waals surface area contributed by atoms with Gasteiger partial charge in [0, 0.05) is 17.9 Å². The van der Waals surface area contributed by atoms with Gasteiger partial charge in [0.1, 0.15) is 39.9 Å². The van der Waals surface area contributed by atoms with Gasteiger partial charge < -0.3 is 33.3 Å². The van der Waals surface area contributed by atoms with E-state index in [0.717, 1.165) is 41.1 Å². The van der Waals surface area contributed by atoms with E-state index in [2.05, 4.69) is 36.6 Å². The van der Waals surface area contributed by atoms with Gasteiger partial charge in [0.2, 0.25) is 5.70 Å². The van der Waals surface area contributed by atoms with Crippen LogP contribution in [0, 0.1) is 54.8 Å². The molecule has 0 heterocycles. The molecular formula is C29H36N6NiO10S2+. The number of hydrogen-bond donors (Lipinski definition) is 6. The summed E-state index contributed by atoms with van der Waals surface area (Å²) in [5.74, 6) is -0.271. The average molecular weight is 751 g/mol. The molecule has 19 heteroatoms. The van der Waals surface area contributed by atoms with Crippen molar-refractivity contribution in [2.45, 2.75) is 51.3 Å². The first kappa shape index (κ1) is 43.8. The van der Waals surface area contributed by atoms with Crippen LogP contribution in [0.25, 0.3) is 0 Å². The number of ether oxygens (including phenoxy) is 2. The van der Waals surface area contributed by atoms with Gasteiger partial charge in [-0.2, -0.15) is 27.9 Å². The Kier molecular flexibility index (Phi) is 15.8. The second-order valence-electron chi connectivity index (χ2n) is 11.4. The number of phenolic OH excluding ortho intramolecular Hbond substituents is 2. The first-order chi connectivity index (χ1) is 21.4. The summed E-state index contributed by atoms with van der Waals surface area (Å²) < 4.78 is 69.9. The minimum Gasteiger partial charge on any atom is -0.676 e. The molecule has 0 spiro atoms. The van der Waals surface area contributed by atoms with Gasteiger partial charge in [-0.3, -0.25) is 4.55 Å². The average Bonchev–Trinajstić information content (AvgIpc) is 2.93. The second kappa shape index (κ2) is 17.3. The first-order valence-electron chi connectivity index (χ1n) is 12.9. The van der Waals surface area contributed by atoms with Crippen LogP contribution < -0.4 is 0 Å². The molecule has 263 valence electrons. The van der Waals surface area contributed by atoms with Crippen molar-refractivity contribution in [3.63, 3.8) is 0 Å². The zero-order chi connectivity index (χ0) is 36.5. The smallest absolute Gasteiger partial charge is 0.676 e. The molecule has 16 nitrogen and oxygen atoms in total. The van der Waals surface area contributed by atoms with E-state index in [1.165, 1.54) is 0 Å². The van der Waals surface area contributed by atoms with Gasteiger partial charge in [0.25, 0.3) is 10.1 Å². The second-order valence-corrected chi connectivity index (χ2v) is 14.3. The quantitative estimate of drug-likeness (QED) is 0.0287. The standard InChI is InChI=1S/C15H20N3O5S.C14H16N3O5S.Ni/c1-15(2,3)14(23-5)12(9-16)18(4)17-11-8-10(24(20,21)22)6-7-13(11)19;1-14(2,3)13(22-4)11(8-15)17-16-10-7-9(23(19,20)21)5-6-12(10)18;/h6-8,19-22H,4-5H2,1-3H3;5-7,18H,4H2,1-3H3,(H,19,20,21);/q2*-1;+3/b14-12-;13-11-,17-16?;. The molecule has 0 bridgehead atoms. The van der Waals surface area contributed by atoms with E-state index < -0.39 is 36.7 Å². The third-order valence-electron chi connectivity index (χ3n) is 5.55. The van der Waals surface area contributed by atoms with Crippen LogP contribution in [0.5, 0.6) is 11.5 Å². The molecule has 2 rings (SSSR count). The van der Waals surface area contributed by atoms with E-state index >= 15 is 0 Å². The van der Waals surface area contributed by atoms with Crippen molar-refractivity contribution in [2.75, 3.05) is 0 Å². The molecule has 0 saturated carbocycles. The molecular weight excluding hydrogens is 715 g/mol. The monoisotopic (exact) mass is 750 g/mol. The largest absolute Gasteiger partial charge is 3.00 e. The van der Waals surface area contributed by atoms with Crippen LogP contribution >= 0.6 is 10.9 Å². The fourth-order valence-corrected chi connectivity index (χ4v) is 4.43. The first-order valence-corrected chi connectivity index (χ1v) is 15.9. The summed E-state index contributed by atoms with van der Waals surface area (Å²) in [6.07, 6.45) is 0. The van der Waals surface area contributed by atoms with E-state index in [4.69, 9.17) is 19.3 Å². The fourth-order valence-electron chi connectivity index (χ4n) is 3.41. The summed E-state index contributed by atoms with van der Waals surface area (Å²) in [4.78, 5) is -0.699. The predicted octanol–water partition coefficient (Wildman–Crippen LogP) is 7.76. The molecule has 0 fully saturated rings. The van der Waals surface area contributed by atoms with Gasteiger partial charge in [-0.05, 0) is 41.5 Å². The van der Waals surface area contributed by atoms with E-state index in [0.29, 0.717) is 0 Å².